The van der Waals surface area contributed by atoms with Crippen LogP contribution in [0.4, 0.5) is 0 Å². The normalized spacial score (nSPS) is 12.9. The Kier molecular flexibility index (Phi) is 6.12. The second kappa shape index (κ2) is 7.37. The summed E-state index contributed by atoms with van der Waals surface area (Å²) in [6.45, 7) is 2.33. The first-order chi connectivity index (χ1) is 9.40. The Hall–Kier alpha value is -1.44. The molecule has 0 saturated carbocycles. The van der Waals surface area contributed by atoms with E-state index in [1.807, 2.05) is 6.92 Å². The van der Waals surface area contributed by atoms with E-state index >= 15 is 0 Å². The molecule has 0 aliphatic carbocycles. The zero-order chi connectivity index (χ0) is 15.2. The molecule has 1 aromatic carbocycles. The van der Waals surface area contributed by atoms with Gasteiger partial charge in [-0.15, -0.1) is 0 Å². The molecule has 1 unspecified atom stereocenters. The average Bonchev–Trinajstić information content (AvgIpc) is 2.45. The Balaban J connectivity index is 2.71. The van der Waals surface area contributed by atoms with E-state index in [0.717, 1.165) is 5.56 Å². The highest BCUT2D eigenvalue weighted by Gasteiger charge is 2.13. The van der Waals surface area contributed by atoms with E-state index in [0.29, 0.717) is 19.4 Å². The maximum Gasteiger partial charge on any atom is 0.240 e. The molecule has 1 aromatic rings. The summed E-state index contributed by atoms with van der Waals surface area (Å²) in [5, 5.41) is 2.84. The van der Waals surface area contributed by atoms with Crippen molar-refractivity contribution in [3.05, 3.63) is 29.8 Å². The van der Waals surface area contributed by atoms with Gasteiger partial charge in [-0.2, -0.15) is 0 Å². The van der Waals surface area contributed by atoms with Crippen LogP contribution in [0.5, 0.6) is 0 Å². The smallest absolute Gasteiger partial charge is 0.240 e. The molecule has 1 amide bonds. The van der Waals surface area contributed by atoms with Crippen molar-refractivity contribution in [2.75, 3.05) is 13.6 Å². The number of hydrogen-bond donors (Lipinski definition) is 3. The largest absolute Gasteiger partial charge is 0.350 e. The molecule has 1 atom stereocenters. The molecule has 0 bridgehead atoms. The molecule has 6 nitrogen and oxygen atoms in total. The molecule has 0 spiro atoms. The summed E-state index contributed by atoms with van der Waals surface area (Å²) in [5.41, 5.74) is 6.19. The van der Waals surface area contributed by atoms with Gasteiger partial charge in [-0.3, -0.25) is 4.79 Å². The van der Waals surface area contributed by atoms with Crippen LogP contribution in [0.2, 0.25) is 0 Å². The van der Waals surface area contributed by atoms with Crippen LogP contribution in [-0.2, 0) is 14.8 Å². The molecule has 0 aliphatic rings. The number of rotatable bonds is 7. The van der Waals surface area contributed by atoms with Crippen LogP contribution in [0, 0.1) is 0 Å². The van der Waals surface area contributed by atoms with Crippen molar-refractivity contribution in [1.29, 1.82) is 0 Å². The lowest BCUT2D eigenvalue weighted by Gasteiger charge is -2.14. The first-order valence-electron chi connectivity index (χ1n) is 6.43. The molecule has 7 heteroatoms. The first-order valence-corrected chi connectivity index (χ1v) is 7.92. The van der Waals surface area contributed by atoms with Crippen molar-refractivity contribution in [1.82, 2.24) is 10.0 Å². The predicted molar refractivity (Wildman–Crippen MR) is 77.5 cm³/mol. The Morgan fingerprint density at radius 3 is 2.40 bits per heavy atom. The Morgan fingerprint density at radius 2 is 1.90 bits per heavy atom. The first kappa shape index (κ1) is 16.6. The molecule has 0 saturated heterocycles. The number of sulfonamides is 1. The van der Waals surface area contributed by atoms with Gasteiger partial charge in [0.15, 0.2) is 0 Å². The molecule has 0 heterocycles. The zero-order valence-electron chi connectivity index (χ0n) is 11.7. The highest BCUT2D eigenvalue weighted by atomic mass is 32.2. The number of nitrogens with one attached hydrogen (secondary N) is 2. The molecule has 0 radical (unpaired) electrons. The lowest BCUT2D eigenvalue weighted by molar-refractivity contribution is -0.121. The third kappa shape index (κ3) is 4.59. The van der Waals surface area contributed by atoms with E-state index in [2.05, 4.69) is 10.0 Å². The van der Waals surface area contributed by atoms with Crippen LogP contribution < -0.4 is 15.8 Å². The SMILES string of the molecule is CNS(=O)(=O)c1ccc(C(C)NC(=O)CCCN)cc1. The molecular weight excluding hydrogens is 278 g/mol. The van der Waals surface area contributed by atoms with Crippen molar-refractivity contribution in [3.8, 4) is 0 Å². The van der Waals surface area contributed by atoms with Gasteiger partial charge in [0.1, 0.15) is 0 Å². The maximum absolute atomic E-state index is 11.6. The highest BCUT2D eigenvalue weighted by Crippen LogP contribution is 2.16. The quantitative estimate of drug-likeness (QED) is 0.683. The van der Waals surface area contributed by atoms with Gasteiger partial charge in [-0.1, -0.05) is 12.1 Å². The molecule has 0 fully saturated rings. The van der Waals surface area contributed by atoms with E-state index in [-0.39, 0.29) is 16.8 Å². The van der Waals surface area contributed by atoms with Crippen LogP contribution in [-0.4, -0.2) is 27.9 Å². The highest BCUT2D eigenvalue weighted by molar-refractivity contribution is 7.89. The molecule has 4 N–H and O–H groups in total. The summed E-state index contributed by atoms with van der Waals surface area (Å²) >= 11 is 0. The van der Waals surface area contributed by atoms with E-state index in [1.54, 1.807) is 12.1 Å². The van der Waals surface area contributed by atoms with Crippen molar-refractivity contribution in [2.45, 2.75) is 30.7 Å². The number of carbonyl (C=O) groups is 1. The molecule has 0 aliphatic heterocycles. The molecular formula is C13H21N3O3S. The van der Waals surface area contributed by atoms with Crippen molar-refractivity contribution >= 4 is 15.9 Å². The molecule has 0 aromatic heterocycles. The van der Waals surface area contributed by atoms with Gasteiger partial charge < -0.3 is 11.1 Å². The van der Waals surface area contributed by atoms with Gasteiger partial charge in [-0.25, -0.2) is 13.1 Å². The van der Waals surface area contributed by atoms with Crippen LogP contribution in [0.1, 0.15) is 31.4 Å². The Bertz CT molecular complexity index is 540. The monoisotopic (exact) mass is 299 g/mol. The van der Waals surface area contributed by atoms with Crippen LogP contribution in [0.3, 0.4) is 0 Å². The average molecular weight is 299 g/mol. The fraction of sp³-hybridized carbons (Fsp3) is 0.462. The third-order valence-electron chi connectivity index (χ3n) is 2.94. The summed E-state index contributed by atoms with van der Waals surface area (Å²) in [6.07, 6.45) is 1.05. The maximum atomic E-state index is 11.6. The van der Waals surface area contributed by atoms with E-state index in [1.165, 1.54) is 19.2 Å². The minimum absolute atomic E-state index is 0.0603. The van der Waals surface area contributed by atoms with Crippen molar-refractivity contribution in [2.24, 2.45) is 5.73 Å². The Morgan fingerprint density at radius 1 is 1.30 bits per heavy atom. The van der Waals surface area contributed by atoms with Crippen molar-refractivity contribution < 1.29 is 13.2 Å². The lowest BCUT2D eigenvalue weighted by atomic mass is 10.1. The van der Waals surface area contributed by atoms with Gasteiger partial charge in [-0.05, 0) is 44.6 Å². The summed E-state index contributed by atoms with van der Waals surface area (Å²) in [7, 11) is -2.06. The molecule has 20 heavy (non-hydrogen) atoms. The van der Waals surface area contributed by atoms with Gasteiger partial charge in [0.25, 0.3) is 0 Å². The van der Waals surface area contributed by atoms with Crippen LogP contribution in [0.15, 0.2) is 29.2 Å². The Labute approximate surface area is 119 Å². The van der Waals surface area contributed by atoms with Crippen molar-refractivity contribution in [3.63, 3.8) is 0 Å². The number of hydrogen-bond acceptors (Lipinski definition) is 4. The molecule has 1 rings (SSSR count). The second-order valence-electron chi connectivity index (χ2n) is 4.46. The summed E-state index contributed by atoms with van der Waals surface area (Å²) in [5.74, 6) is -0.0603. The lowest BCUT2D eigenvalue weighted by Crippen LogP contribution is -2.27. The number of benzene rings is 1. The van der Waals surface area contributed by atoms with Gasteiger partial charge in [0.2, 0.25) is 15.9 Å². The zero-order valence-corrected chi connectivity index (χ0v) is 12.5. The standard InChI is InChI=1S/C13H21N3O3S/c1-10(16-13(17)4-3-9-14)11-5-7-12(8-6-11)20(18,19)15-2/h5-8,10,15H,3-4,9,14H2,1-2H3,(H,16,17). The number of carbonyl (C=O) groups excluding carboxylic acids is 1. The summed E-state index contributed by atoms with van der Waals surface area (Å²) in [4.78, 5) is 11.8. The summed E-state index contributed by atoms with van der Waals surface area (Å²) in [6, 6.07) is 6.25. The van der Waals surface area contributed by atoms with Crippen LogP contribution in [0.25, 0.3) is 0 Å². The molecule has 112 valence electrons. The fourth-order valence-electron chi connectivity index (χ4n) is 1.71. The van der Waals surface area contributed by atoms with Gasteiger partial charge >= 0.3 is 0 Å². The van der Waals surface area contributed by atoms with E-state index < -0.39 is 10.0 Å². The van der Waals surface area contributed by atoms with Gasteiger partial charge in [0.05, 0.1) is 10.9 Å². The van der Waals surface area contributed by atoms with Gasteiger partial charge in [0, 0.05) is 6.42 Å². The topological polar surface area (TPSA) is 101 Å². The number of nitrogens with two attached hydrogens (primary N) is 1. The second-order valence-corrected chi connectivity index (χ2v) is 6.34. The predicted octanol–water partition coefficient (Wildman–Crippen LogP) is 0.511. The minimum Gasteiger partial charge on any atom is -0.350 e. The summed E-state index contributed by atoms with van der Waals surface area (Å²) < 4.78 is 25.4. The minimum atomic E-state index is -3.43. The third-order valence-corrected chi connectivity index (χ3v) is 4.37. The van der Waals surface area contributed by atoms with E-state index in [4.69, 9.17) is 5.73 Å². The van der Waals surface area contributed by atoms with Crippen LogP contribution >= 0.6 is 0 Å². The fourth-order valence-corrected chi connectivity index (χ4v) is 2.44. The number of amides is 1. The van der Waals surface area contributed by atoms with E-state index in [9.17, 15) is 13.2 Å².